The van der Waals surface area contributed by atoms with E-state index in [0.29, 0.717) is 6.42 Å². The van der Waals surface area contributed by atoms with Crippen LogP contribution in [0, 0.1) is 13.3 Å². The third kappa shape index (κ3) is 3.92. The summed E-state index contributed by atoms with van der Waals surface area (Å²) >= 11 is 0. The maximum absolute atomic E-state index is 8.01. The molecule has 36 valence electrons. The molecule has 0 saturated carbocycles. The molecule has 2 N–H and O–H groups in total. The zero-order valence-corrected chi connectivity index (χ0v) is 3.46. The fourth-order valence-corrected chi connectivity index (χ4v) is 0.149. The third-order valence-electron chi connectivity index (χ3n) is 0.377. The maximum atomic E-state index is 8.01. The Bertz CT molecular complexity index is 26.7. The van der Waals surface area contributed by atoms with Crippen LogP contribution in [0.3, 0.4) is 0 Å². The molecule has 0 aromatic rings. The molecule has 0 bridgehead atoms. The molecular formula is C4H8O2. The fraction of sp³-hybridized carbons (Fsp3) is 0.500. The van der Waals surface area contributed by atoms with Gasteiger partial charge in [-0.2, -0.15) is 0 Å². The normalized spacial score (nSPS) is 10.0. The fourth-order valence-electron chi connectivity index (χ4n) is 0.149. The summed E-state index contributed by atoms with van der Waals surface area (Å²) in [5, 5.41) is 16.0. The van der Waals surface area contributed by atoms with E-state index in [-0.39, 0.29) is 0 Å². The van der Waals surface area contributed by atoms with E-state index in [9.17, 15) is 0 Å². The summed E-state index contributed by atoms with van der Waals surface area (Å²) in [4.78, 5) is 0. The molecule has 0 aliphatic rings. The van der Waals surface area contributed by atoms with Crippen molar-refractivity contribution in [3.8, 4) is 0 Å². The molecule has 2 heteroatoms. The lowest BCUT2D eigenvalue weighted by Crippen LogP contribution is -2.02. The van der Waals surface area contributed by atoms with Crippen molar-refractivity contribution in [2.45, 2.75) is 12.7 Å². The van der Waals surface area contributed by atoms with E-state index in [2.05, 4.69) is 6.92 Å². The Morgan fingerprint density at radius 2 is 2.17 bits per heavy atom. The molecule has 0 rings (SSSR count). The highest BCUT2D eigenvalue weighted by molar-refractivity contribution is 4.65. The van der Waals surface area contributed by atoms with E-state index >= 15 is 0 Å². The van der Waals surface area contributed by atoms with E-state index in [0.717, 1.165) is 0 Å². The second kappa shape index (κ2) is 3.12. The summed E-state index contributed by atoms with van der Waals surface area (Å²) in [6, 6.07) is 0. The van der Waals surface area contributed by atoms with Crippen molar-refractivity contribution in [3.05, 3.63) is 13.3 Å². The number of aliphatic hydroxyl groups is 2. The summed E-state index contributed by atoms with van der Waals surface area (Å²) in [6.45, 7) is 3.35. The predicted octanol–water partition coefficient (Wildman–Crippen LogP) is -0.274. The first-order valence-corrected chi connectivity index (χ1v) is 1.76. The van der Waals surface area contributed by atoms with Crippen LogP contribution >= 0.6 is 0 Å². The van der Waals surface area contributed by atoms with Gasteiger partial charge in [0.05, 0.1) is 0 Å². The van der Waals surface area contributed by atoms with Crippen molar-refractivity contribution in [3.63, 3.8) is 0 Å². The highest BCUT2D eigenvalue weighted by Crippen LogP contribution is 1.85. The molecule has 0 aromatic heterocycles. The van der Waals surface area contributed by atoms with Crippen LogP contribution in [0.5, 0.6) is 0 Å². The van der Waals surface area contributed by atoms with E-state index in [4.69, 9.17) is 10.2 Å². The van der Waals surface area contributed by atoms with Crippen LogP contribution in [0.2, 0.25) is 0 Å². The van der Waals surface area contributed by atoms with Crippen molar-refractivity contribution >= 4 is 0 Å². The first-order valence-electron chi connectivity index (χ1n) is 1.76. The highest BCUT2D eigenvalue weighted by atomic mass is 16.5. The van der Waals surface area contributed by atoms with Gasteiger partial charge in [0.2, 0.25) is 0 Å². The van der Waals surface area contributed by atoms with Gasteiger partial charge in [0, 0.05) is 6.42 Å². The largest absolute Gasteiger partial charge is 0.368 e. The van der Waals surface area contributed by atoms with Crippen LogP contribution in [-0.2, 0) is 0 Å². The summed E-state index contributed by atoms with van der Waals surface area (Å²) in [6.07, 6.45) is 0.458. The quantitative estimate of drug-likeness (QED) is 0.456. The Balaban J connectivity index is 2.63. The topological polar surface area (TPSA) is 40.5 Å². The molecule has 0 aliphatic carbocycles. The average molecular weight is 88.1 g/mol. The Kier molecular flexibility index (Phi) is 3.08. The van der Waals surface area contributed by atoms with Gasteiger partial charge in [0.15, 0.2) is 6.29 Å². The van der Waals surface area contributed by atoms with Gasteiger partial charge < -0.3 is 10.2 Å². The van der Waals surface area contributed by atoms with Crippen LogP contribution in [0.1, 0.15) is 6.42 Å². The minimum Gasteiger partial charge on any atom is -0.368 e. The average Bonchev–Trinajstić information content (AvgIpc) is 1.35. The molecule has 0 atom stereocenters. The Hall–Kier alpha value is -0.0800. The van der Waals surface area contributed by atoms with Crippen molar-refractivity contribution in [1.82, 2.24) is 0 Å². The number of hydrogen-bond acceptors (Lipinski definition) is 2. The molecule has 0 fully saturated rings. The number of aliphatic hydroxyl groups excluding tert-OH is 1. The Morgan fingerprint density at radius 3 is 2.17 bits per heavy atom. The van der Waals surface area contributed by atoms with Crippen molar-refractivity contribution in [1.29, 1.82) is 0 Å². The van der Waals surface area contributed by atoms with E-state index < -0.39 is 6.29 Å². The highest BCUT2D eigenvalue weighted by Gasteiger charge is 1.89. The first kappa shape index (κ1) is 5.92. The number of rotatable bonds is 2. The second-order valence-corrected chi connectivity index (χ2v) is 0.938. The predicted molar refractivity (Wildman–Crippen MR) is 22.5 cm³/mol. The van der Waals surface area contributed by atoms with Gasteiger partial charge in [-0.15, -0.1) is 0 Å². The van der Waals surface area contributed by atoms with E-state index in [1.54, 1.807) is 0 Å². The SMILES string of the molecule is [CH2]C[CH]C(O)O. The minimum absolute atomic E-state index is 0.456. The van der Waals surface area contributed by atoms with Crippen molar-refractivity contribution < 1.29 is 10.2 Å². The molecule has 0 aliphatic heterocycles. The summed E-state index contributed by atoms with van der Waals surface area (Å²) < 4.78 is 0. The molecule has 0 spiro atoms. The van der Waals surface area contributed by atoms with Crippen LogP contribution in [0.15, 0.2) is 0 Å². The van der Waals surface area contributed by atoms with Gasteiger partial charge in [-0.05, 0) is 6.42 Å². The molecule has 0 amide bonds. The molecule has 0 unspecified atom stereocenters. The van der Waals surface area contributed by atoms with Crippen molar-refractivity contribution in [2.75, 3.05) is 0 Å². The van der Waals surface area contributed by atoms with Gasteiger partial charge in [0.25, 0.3) is 0 Å². The van der Waals surface area contributed by atoms with Gasteiger partial charge in [-0.1, -0.05) is 6.92 Å². The molecule has 2 nitrogen and oxygen atoms in total. The molecule has 0 aromatic carbocycles. The summed E-state index contributed by atoms with van der Waals surface area (Å²) in [5.41, 5.74) is 0. The summed E-state index contributed by atoms with van der Waals surface area (Å²) in [5.74, 6) is 0. The lowest BCUT2D eigenvalue weighted by molar-refractivity contribution is -0.0126. The maximum Gasteiger partial charge on any atom is 0.154 e. The first-order chi connectivity index (χ1) is 2.77. The Labute approximate surface area is 37.4 Å². The van der Waals surface area contributed by atoms with Gasteiger partial charge in [-0.25, -0.2) is 0 Å². The van der Waals surface area contributed by atoms with Crippen LogP contribution in [0.4, 0.5) is 0 Å². The second-order valence-electron chi connectivity index (χ2n) is 0.938. The van der Waals surface area contributed by atoms with Gasteiger partial charge >= 0.3 is 0 Å². The smallest absolute Gasteiger partial charge is 0.154 e. The molecular weight excluding hydrogens is 80.0 g/mol. The molecule has 0 heterocycles. The van der Waals surface area contributed by atoms with Crippen LogP contribution < -0.4 is 0 Å². The minimum atomic E-state index is -1.29. The van der Waals surface area contributed by atoms with Crippen LogP contribution in [-0.4, -0.2) is 16.5 Å². The van der Waals surface area contributed by atoms with Crippen LogP contribution in [0.25, 0.3) is 0 Å². The van der Waals surface area contributed by atoms with E-state index in [1.165, 1.54) is 6.42 Å². The molecule has 2 radical (unpaired) electrons. The standard InChI is InChI=1S/C4H8O2/c1-2-3-4(5)6/h3-6H,1-2H2. The van der Waals surface area contributed by atoms with Gasteiger partial charge in [0.1, 0.15) is 0 Å². The molecule has 0 saturated heterocycles. The molecule has 6 heavy (non-hydrogen) atoms. The van der Waals surface area contributed by atoms with Crippen molar-refractivity contribution in [2.24, 2.45) is 0 Å². The monoisotopic (exact) mass is 88.1 g/mol. The van der Waals surface area contributed by atoms with Gasteiger partial charge in [-0.3, -0.25) is 0 Å². The Morgan fingerprint density at radius 1 is 1.67 bits per heavy atom. The lowest BCUT2D eigenvalue weighted by atomic mass is 10.3. The zero-order valence-electron chi connectivity index (χ0n) is 3.46. The summed E-state index contributed by atoms with van der Waals surface area (Å²) in [7, 11) is 0. The zero-order chi connectivity index (χ0) is 4.99. The lowest BCUT2D eigenvalue weighted by Gasteiger charge is -1.94. The van der Waals surface area contributed by atoms with E-state index in [1.807, 2.05) is 0 Å². The third-order valence-corrected chi connectivity index (χ3v) is 0.377. The number of hydrogen-bond donors (Lipinski definition) is 2.